The molecule has 0 bridgehead atoms. The summed E-state index contributed by atoms with van der Waals surface area (Å²) in [5.41, 5.74) is 0.832. The number of benzene rings is 1. The van der Waals surface area contributed by atoms with Gasteiger partial charge in [0, 0.05) is 19.0 Å². The summed E-state index contributed by atoms with van der Waals surface area (Å²) in [6, 6.07) is 6.92. The Labute approximate surface area is 128 Å². The van der Waals surface area contributed by atoms with Gasteiger partial charge in [-0.15, -0.1) is 11.6 Å². The number of sulfonamides is 1. The van der Waals surface area contributed by atoms with Gasteiger partial charge in [0.15, 0.2) is 0 Å². The van der Waals surface area contributed by atoms with Crippen LogP contribution in [0.5, 0.6) is 0 Å². The highest BCUT2D eigenvalue weighted by Crippen LogP contribution is 2.19. The third-order valence-corrected chi connectivity index (χ3v) is 5.42. The van der Waals surface area contributed by atoms with Crippen LogP contribution in [0.4, 0.5) is 0 Å². The van der Waals surface area contributed by atoms with Gasteiger partial charge in [0.25, 0.3) is 0 Å². The quantitative estimate of drug-likeness (QED) is 0.645. The SMILES string of the molecule is CCCCN(CCCC)S(=O)(=O)c1cccc(CCl)c1. The fourth-order valence-corrected chi connectivity index (χ4v) is 3.71. The van der Waals surface area contributed by atoms with Crippen LogP contribution in [0.25, 0.3) is 0 Å². The zero-order chi connectivity index (χ0) is 15.0. The Kier molecular flexibility index (Phi) is 7.56. The van der Waals surface area contributed by atoms with Crippen LogP contribution in [-0.2, 0) is 15.9 Å². The Morgan fingerprint density at radius 2 is 1.70 bits per heavy atom. The molecule has 0 unspecified atom stereocenters. The van der Waals surface area contributed by atoms with Crippen molar-refractivity contribution < 1.29 is 8.42 Å². The first-order valence-corrected chi connectivity index (χ1v) is 9.18. The van der Waals surface area contributed by atoms with Gasteiger partial charge in [-0.2, -0.15) is 4.31 Å². The predicted octanol–water partition coefficient (Wildman–Crippen LogP) is 4.02. The fraction of sp³-hybridized carbons (Fsp3) is 0.600. The standard InChI is InChI=1S/C15H24ClNO2S/c1-3-5-10-17(11-6-4-2)20(18,19)15-9-7-8-14(12-15)13-16/h7-9,12H,3-6,10-11,13H2,1-2H3. The van der Waals surface area contributed by atoms with E-state index in [1.54, 1.807) is 22.5 Å². The first-order chi connectivity index (χ1) is 9.56. The molecule has 0 atom stereocenters. The van der Waals surface area contributed by atoms with Crippen molar-refractivity contribution >= 4 is 21.6 Å². The largest absolute Gasteiger partial charge is 0.243 e. The molecule has 1 rings (SSSR count). The van der Waals surface area contributed by atoms with Crippen LogP contribution in [0.3, 0.4) is 0 Å². The average molecular weight is 318 g/mol. The average Bonchev–Trinajstić information content (AvgIpc) is 2.47. The molecule has 0 fully saturated rings. The van der Waals surface area contributed by atoms with E-state index in [2.05, 4.69) is 13.8 Å². The van der Waals surface area contributed by atoms with Gasteiger partial charge in [-0.05, 0) is 30.5 Å². The number of unbranched alkanes of at least 4 members (excludes halogenated alkanes) is 2. The van der Waals surface area contributed by atoms with E-state index < -0.39 is 10.0 Å². The third kappa shape index (κ3) is 4.76. The highest BCUT2D eigenvalue weighted by Gasteiger charge is 2.23. The summed E-state index contributed by atoms with van der Waals surface area (Å²) in [6.07, 6.45) is 3.75. The van der Waals surface area contributed by atoms with Crippen LogP contribution >= 0.6 is 11.6 Å². The van der Waals surface area contributed by atoms with E-state index in [9.17, 15) is 8.42 Å². The van der Waals surface area contributed by atoms with E-state index >= 15 is 0 Å². The molecular weight excluding hydrogens is 294 g/mol. The zero-order valence-electron chi connectivity index (χ0n) is 12.3. The van der Waals surface area contributed by atoms with Crippen LogP contribution in [0.15, 0.2) is 29.2 Å². The molecule has 1 aromatic rings. The van der Waals surface area contributed by atoms with Gasteiger partial charge in [0.05, 0.1) is 4.90 Å². The minimum atomic E-state index is -3.40. The normalized spacial score (nSPS) is 12.0. The summed E-state index contributed by atoms with van der Waals surface area (Å²) in [5, 5.41) is 0. The molecule has 1 aromatic carbocycles. The molecule has 20 heavy (non-hydrogen) atoms. The molecule has 0 aromatic heterocycles. The Morgan fingerprint density at radius 3 is 2.20 bits per heavy atom. The summed E-state index contributed by atoms with van der Waals surface area (Å²) in [7, 11) is -3.40. The summed E-state index contributed by atoms with van der Waals surface area (Å²) in [5.74, 6) is 0.327. The van der Waals surface area contributed by atoms with E-state index in [0.29, 0.717) is 23.9 Å². The summed E-state index contributed by atoms with van der Waals surface area (Å²) in [4.78, 5) is 0.350. The van der Waals surface area contributed by atoms with E-state index in [4.69, 9.17) is 11.6 Å². The number of halogens is 1. The molecule has 0 aliphatic carbocycles. The van der Waals surface area contributed by atoms with Crippen molar-refractivity contribution in [2.45, 2.75) is 50.3 Å². The lowest BCUT2D eigenvalue weighted by atomic mass is 10.2. The number of hydrogen-bond donors (Lipinski definition) is 0. The Morgan fingerprint density at radius 1 is 1.10 bits per heavy atom. The Bertz CT molecular complexity index is 494. The molecule has 0 amide bonds. The summed E-state index contributed by atoms with van der Waals surface area (Å²) in [6.45, 7) is 5.31. The molecule has 5 heteroatoms. The smallest absolute Gasteiger partial charge is 0.207 e. The maximum atomic E-state index is 12.7. The molecule has 0 aliphatic heterocycles. The Hall–Kier alpha value is -0.580. The van der Waals surface area contributed by atoms with Gasteiger partial charge in [-0.3, -0.25) is 0 Å². The second kappa shape index (κ2) is 8.65. The minimum absolute atomic E-state index is 0.327. The lowest BCUT2D eigenvalue weighted by Crippen LogP contribution is -2.33. The van der Waals surface area contributed by atoms with Crippen molar-refractivity contribution in [2.24, 2.45) is 0 Å². The summed E-state index contributed by atoms with van der Waals surface area (Å²) < 4.78 is 27.0. The Balaban J connectivity index is 3.00. The molecule has 0 saturated carbocycles. The van der Waals surface area contributed by atoms with Crippen LogP contribution < -0.4 is 0 Å². The van der Waals surface area contributed by atoms with Gasteiger partial charge >= 0.3 is 0 Å². The number of hydrogen-bond acceptors (Lipinski definition) is 2. The lowest BCUT2D eigenvalue weighted by Gasteiger charge is -2.22. The van der Waals surface area contributed by atoms with Crippen LogP contribution in [0, 0.1) is 0 Å². The molecule has 114 valence electrons. The van der Waals surface area contributed by atoms with Crippen molar-refractivity contribution in [1.82, 2.24) is 4.31 Å². The molecule has 0 aliphatic rings. The van der Waals surface area contributed by atoms with E-state index in [1.165, 1.54) is 0 Å². The number of alkyl halides is 1. The number of nitrogens with zero attached hydrogens (tertiary/aromatic N) is 1. The first-order valence-electron chi connectivity index (χ1n) is 7.21. The van der Waals surface area contributed by atoms with Crippen molar-refractivity contribution in [2.75, 3.05) is 13.1 Å². The first kappa shape index (κ1) is 17.5. The fourth-order valence-electron chi connectivity index (χ4n) is 1.96. The molecule has 0 spiro atoms. The third-order valence-electron chi connectivity index (χ3n) is 3.21. The zero-order valence-corrected chi connectivity index (χ0v) is 13.9. The van der Waals surface area contributed by atoms with Gasteiger partial charge in [-0.1, -0.05) is 38.8 Å². The number of rotatable bonds is 9. The summed E-state index contributed by atoms with van der Waals surface area (Å²) >= 11 is 5.79. The topological polar surface area (TPSA) is 37.4 Å². The van der Waals surface area contributed by atoms with Gasteiger partial charge in [0.1, 0.15) is 0 Å². The maximum absolute atomic E-state index is 12.7. The highest BCUT2D eigenvalue weighted by atomic mass is 35.5. The maximum Gasteiger partial charge on any atom is 0.243 e. The van der Waals surface area contributed by atoms with Gasteiger partial charge < -0.3 is 0 Å². The minimum Gasteiger partial charge on any atom is -0.207 e. The van der Waals surface area contributed by atoms with E-state index in [0.717, 1.165) is 31.2 Å². The van der Waals surface area contributed by atoms with Crippen LogP contribution in [0.1, 0.15) is 45.1 Å². The van der Waals surface area contributed by atoms with Gasteiger partial charge in [0.2, 0.25) is 10.0 Å². The predicted molar refractivity (Wildman–Crippen MR) is 84.6 cm³/mol. The van der Waals surface area contributed by atoms with Crippen LogP contribution in [0.2, 0.25) is 0 Å². The van der Waals surface area contributed by atoms with Gasteiger partial charge in [-0.25, -0.2) is 8.42 Å². The van der Waals surface area contributed by atoms with Crippen molar-refractivity contribution in [3.05, 3.63) is 29.8 Å². The van der Waals surface area contributed by atoms with Crippen LogP contribution in [-0.4, -0.2) is 25.8 Å². The van der Waals surface area contributed by atoms with Crippen molar-refractivity contribution in [3.8, 4) is 0 Å². The van der Waals surface area contributed by atoms with E-state index in [-0.39, 0.29) is 0 Å². The highest BCUT2D eigenvalue weighted by molar-refractivity contribution is 7.89. The molecule has 0 heterocycles. The second-order valence-corrected chi connectivity index (χ2v) is 7.10. The molecule has 3 nitrogen and oxygen atoms in total. The monoisotopic (exact) mass is 317 g/mol. The van der Waals surface area contributed by atoms with E-state index in [1.807, 2.05) is 6.07 Å². The molecule has 0 N–H and O–H groups in total. The molecule has 0 saturated heterocycles. The molecular formula is C15H24ClNO2S. The lowest BCUT2D eigenvalue weighted by molar-refractivity contribution is 0.395. The van der Waals surface area contributed by atoms with Crippen molar-refractivity contribution in [3.63, 3.8) is 0 Å². The second-order valence-electron chi connectivity index (χ2n) is 4.89. The van der Waals surface area contributed by atoms with Crippen molar-refractivity contribution in [1.29, 1.82) is 0 Å². The molecule has 0 radical (unpaired) electrons.